The van der Waals surface area contributed by atoms with Crippen molar-refractivity contribution < 1.29 is 24.2 Å². The molecule has 1 saturated heterocycles. The number of carbonyl (C=O) groups is 2. The van der Waals surface area contributed by atoms with Crippen molar-refractivity contribution in [2.24, 2.45) is 0 Å². The van der Waals surface area contributed by atoms with Crippen LogP contribution in [-0.2, 0) is 20.9 Å². The molecule has 0 aromatic heterocycles. The van der Waals surface area contributed by atoms with Gasteiger partial charge in [-0.2, -0.15) is 0 Å². The van der Waals surface area contributed by atoms with Crippen LogP contribution in [0.15, 0.2) is 24.3 Å². The Labute approximate surface area is 116 Å². The molecule has 1 fully saturated rings. The lowest BCUT2D eigenvalue weighted by Crippen LogP contribution is -2.52. The topological polar surface area (TPSA) is 76.1 Å². The maximum atomic E-state index is 12.4. The van der Waals surface area contributed by atoms with Gasteiger partial charge in [0.25, 0.3) is 5.91 Å². The van der Waals surface area contributed by atoms with E-state index in [1.54, 1.807) is 31.4 Å². The van der Waals surface area contributed by atoms with Crippen molar-refractivity contribution in [2.45, 2.75) is 12.6 Å². The van der Waals surface area contributed by atoms with Gasteiger partial charge in [0.1, 0.15) is 0 Å². The summed E-state index contributed by atoms with van der Waals surface area (Å²) in [7, 11) is 1.60. The first-order valence-corrected chi connectivity index (χ1v) is 6.33. The predicted molar refractivity (Wildman–Crippen MR) is 70.4 cm³/mol. The maximum Gasteiger partial charge on any atom is 0.328 e. The van der Waals surface area contributed by atoms with Crippen LogP contribution in [0.25, 0.3) is 0 Å². The quantitative estimate of drug-likeness (QED) is 0.880. The largest absolute Gasteiger partial charge is 0.480 e. The Morgan fingerprint density at radius 3 is 2.70 bits per heavy atom. The van der Waals surface area contributed by atoms with Gasteiger partial charge < -0.3 is 19.5 Å². The number of ether oxygens (including phenoxy) is 2. The van der Waals surface area contributed by atoms with Crippen LogP contribution in [0.5, 0.6) is 0 Å². The van der Waals surface area contributed by atoms with E-state index >= 15 is 0 Å². The summed E-state index contributed by atoms with van der Waals surface area (Å²) in [5.74, 6) is -1.33. The van der Waals surface area contributed by atoms with Crippen molar-refractivity contribution >= 4 is 11.9 Å². The Balaban J connectivity index is 2.14. The molecule has 1 N–H and O–H groups in total. The Hall–Kier alpha value is -1.92. The molecule has 2 rings (SSSR count). The number of amides is 1. The lowest BCUT2D eigenvalue weighted by atomic mass is 10.1. The van der Waals surface area contributed by atoms with Crippen LogP contribution in [-0.4, -0.2) is 54.8 Å². The fourth-order valence-electron chi connectivity index (χ4n) is 2.13. The molecule has 1 aliphatic rings. The molecule has 1 amide bonds. The average Bonchev–Trinajstić information content (AvgIpc) is 2.47. The number of hydrogen-bond donors (Lipinski definition) is 1. The van der Waals surface area contributed by atoms with E-state index in [1.165, 1.54) is 4.90 Å². The summed E-state index contributed by atoms with van der Waals surface area (Å²) in [6.45, 7) is 1.15. The molecule has 108 valence electrons. The summed E-state index contributed by atoms with van der Waals surface area (Å²) >= 11 is 0. The molecule has 1 aromatic carbocycles. The van der Waals surface area contributed by atoms with Gasteiger partial charge >= 0.3 is 5.97 Å². The zero-order valence-electron chi connectivity index (χ0n) is 11.2. The second kappa shape index (κ2) is 6.49. The first-order valence-electron chi connectivity index (χ1n) is 6.33. The van der Waals surface area contributed by atoms with Crippen molar-refractivity contribution in [3.05, 3.63) is 35.4 Å². The standard InChI is InChI=1S/C14H17NO5/c1-19-8-10-2-4-11(5-3-10)13(16)15-6-7-20-9-12(15)14(17)18/h2-5,12H,6-9H2,1H3,(H,17,18)/t12-/m0/s1. The highest BCUT2D eigenvalue weighted by Gasteiger charge is 2.33. The van der Waals surface area contributed by atoms with Crippen molar-refractivity contribution in [1.29, 1.82) is 0 Å². The molecule has 0 aliphatic carbocycles. The third-order valence-electron chi connectivity index (χ3n) is 3.19. The Kier molecular flexibility index (Phi) is 4.70. The van der Waals surface area contributed by atoms with Gasteiger partial charge in [-0.25, -0.2) is 4.79 Å². The molecule has 0 radical (unpaired) electrons. The fourth-order valence-corrected chi connectivity index (χ4v) is 2.13. The minimum Gasteiger partial charge on any atom is -0.480 e. The molecular weight excluding hydrogens is 262 g/mol. The number of aliphatic carboxylic acids is 1. The molecule has 1 heterocycles. The summed E-state index contributed by atoms with van der Waals surface area (Å²) in [5, 5.41) is 9.13. The van der Waals surface area contributed by atoms with E-state index in [0.29, 0.717) is 18.8 Å². The fraction of sp³-hybridized carbons (Fsp3) is 0.429. The van der Waals surface area contributed by atoms with E-state index in [0.717, 1.165) is 5.56 Å². The SMILES string of the molecule is COCc1ccc(C(=O)N2CCOC[C@H]2C(=O)O)cc1. The summed E-state index contributed by atoms with van der Waals surface area (Å²) in [4.78, 5) is 24.9. The number of hydrogen-bond acceptors (Lipinski definition) is 4. The normalized spacial score (nSPS) is 18.9. The third-order valence-corrected chi connectivity index (χ3v) is 3.19. The van der Waals surface area contributed by atoms with Crippen molar-refractivity contribution in [3.8, 4) is 0 Å². The molecule has 0 spiro atoms. The number of benzene rings is 1. The van der Waals surface area contributed by atoms with Crippen molar-refractivity contribution in [2.75, 3.05) is 26.9 Å². The van der Waals surface area contributed by atoms with Crippen LogP contribution >= 0.6 is 0 Å². The van der Waals surface area contributed by atoms with Gasteiger partial charge in [0.05, 0.1) is 19.8 Å². The monoisotopic (exact) mass is 279 g/mol. The summed E-state index contributed by atoms with van der Waals surface area (Å²) in [6, 6.07) is 6.05. The minimum atomic E-state index is -1.05. The van der Waals surface area contributed by atoms with Gasteiger partial charge in [-0.1, -0.05) is 12.1 Å². The molecule has 0 bridgehead atoms. The highest BCUT2D eigenvalue weighted by atomic mass is 16.5. The Bertz CT molecular complexity index is 485. The highest BCUT2D eigenvalue weighted by molar-refractivity contribution is 5.96. The minimum absolute atomic E-state index is 0.0306. The number of methoxy groups -OCH3 is 1. The van der Waals surface area contributed by atoms with Crippen LogP contribution in [0.1, 0.15) is 15.9 Å². The lowest BCUT2D eigenvalue weighted by molar-refractivity contribution is -0.147. The lowest BCUT2D eigenvalue weighted by Gasteiger charge is -2.32. The first-order chi connectivity index (χ1) is 9.63. The van der Waals surface area contributed by atoms with E-state index in [1.807, 2.05) is 0 Å². The van der Waals surface area contributed by atoms with Gasteiger partial charge in [-0.05, 0) is 17.7 Å². The summed E-state index contributed by atoms with van der Waals surface area (Å²) in [6.07, 6.45) is 0. The second-order valence-corrected chi connectivity index (χ2v) is 4.56. The molecule has 1 aliphatic heterocycles. The van der Waals surface area contributed by atoms with Gasteiger partial charge in [0.15, 0.2) is 6.04 Å². The smallest absolute Gasteiger partial charge is 0.328 e. The van der Waals surface area contributed by atoms with Gasteiger partial charge in [-0.15, -0.1) is 0 Å². The highest BCUT2D eigenvalue weighted by Crippen LogP contribution is 2.14. The zero-order valence-corrected chi connectivity index (χ0v) is 11.2. The maximum absolute atomic E-state index is 12.4. The van der Waals surface area contributed by atoms with Crippen molar-refractivity contribution in [1.82, 2.24) is 4.90 Å². The summed E-state index contributed by atoms with van der Waals surface area (Å²) in [5.41, 5.74) is 1.43. The Morgan fingerprint density at radius 2 is 2.10 bits per heavy atom. The van der Waals surface area contributed by atoms with Crippen LogP contribution < -0.4 is 0 Å². The number of morpholine rings is 1. The molecule has 20 heavy (non-hydrogen) atoms. The van der Waals surface area contributed by atoms with Crippen LogP contribution in [0.3, 0.4) is 0 Å². The molecule has 1 aromatic rings. The summed E-state index contributed by atoms with van der Waals surface area (Å²) < 4.78 is 10.1. The van der Waals surface area contributed by atoms with Gasteiger partial charge in [0, 0.05) is 19.2 Å². The van der Waals surface area contributed by atoms with E-state index in [9.17, 15) is 9.59 Å². The van der Waals surface area contributed by atoms with Crippen molar-refractivity contribution in [3.63, 3.8) is 0 Å². The number of rotatable bonds is 4. The number of carbonyl (C=O) groups excluding carboxylic acids is 1. The first kappa shape index (κ1) is 14.5. The van der Waals surface area contributed by atoms with Crippen LogP contribution in [0.4, 0.5) is 0 Å². The molecule has 6 heteroatoms. The number of carboxylic acid groups (broad SMARTS) is 1. The number of carboxylic acids is 1. The zero-order chi connectivity index (χ0) is 14.5. The second-order valence-electron chi connectivity index (χ2n) is 4.56. The molecule has 0 unspecified atom stereocenters. The van der Waals surface area contributed by atoms with E-state index in [4.69, 9.17) is 14.6 Å². The van der Waals surface area contributed by atoms with Crippen LogP contribution in [0.2, 0.25) is 0 Å². The third kappa shape index (κ3) is 3.15. The Morgan fingerprint density at radius 1 is 1.40 bits per heavy atom. The molecular formula is C14H17NO5. The van der Waals surface area contributed by atoms with E-state index in [2.05, 4.69) is 0 Å². The predicted octanol–water partition coefficient (Wildman–Crippen LogP) is 0.759. The average molecular weight is 279 g/mol. The van der Waals surface area contributed by atoms with Gasteiger partial charge in [-0.3, -0.25) is 4.79 Å². The van der Waals surface area contributed by atoms with Gasteiger partial charge in [0.2, 0.25) is 0 Å². The molecule has 6 nitrogen and oxygen atoms in total. The van der Waals surface area contributed by atoms with E-state index in [-0.39, 0.29) is 19.1 Å². The van der Waals surface area contributed by atoms with Crippen LogP contribution in [0, 0.1) is 0 Å². The number of nitrogens with zero attached hydrogens (tertiary/aromatic N) is 1. The molecule has 0 saturated carbocycles. The molecule has 1 atom stereocenters. The van der Waals surface area contributed by atoms with E-state index < -0.39 is 12.0 Å².